The minimum atomic E-state index is -2.55. The first-order chi connectivity index (χ1) is 11.4. The summed E-state index contributed by atoms with van der Waals surface area (Å²) in [6.45, 7) is 7.25. The van der Waals surface area contributed by atoms with Crippen LogP contribution in [-0.4, -0.2) is 68.7 Å². The zero-order valence-electron chi connectivity index (χ0n) is 16.0. The lowest BCUT2D eigenvalue weighted by atomic mass is 10.3. The normalized spacial score (nSPS) is 13.9. The Labute approximate surface area is 148 Å². The second-order valence-corrected chi connectivity index (χ2v) is 13.6. The topological polar surface area (TPSA) is 86.3 Å². The summed E-state index contributed by atoms with van der Waals surface area (Å²) in [6, 6.07) is 3.49. The molecule has 0 rings (SSSR count). The molecule has 0 amide bonds. The van der Waals surface area contributed by atoms with Gasteiger partial charge >= 0.3 is 14.8 Å². The number of carboxylic acid groups (broad SMARTS) is 1. The van der Waals surface area contributed by atoms with Crippen LogP contribution in [0.2, 0.25) is 24.2 Å². The van der Waals surface area contributed by atoms with Gasteiger partial charge in [0.1, 0.15) is 0 Å². The SMILES string of the molecule is CC[Si](CC)(CC)OC(CNCCC[Si](OC)(OC)OC)C(=O)O. The molecular formula is C15H35NO6Si2. The van der Waals surface area contributed by atoms with Crippen LogP contribution in [0.5, 0.6) is 0 Å². The molecule has 0 aliphatic heterocycles. The van der Waals surface area contributed by atoms with Crippen molar-refractivity contribution in [1.29, 1.82) is 0 Å². The average Bonchev–Trinajstić information content (AvgIpc) is 2.61. The number of rotatable bonds is 15. The van der Waals surface area contributed by atoms with Crippen LogP contribution in [0.4, 0.5) is 0 Å². The van der Waals surface area contributed by atoms with Gasteiger partial charge in [0.05, 0.1) is 0 Å². The van der Waals surface area contributed by atoms with Crippen molar-refractivity contribution in [2.75, 3.05) is 34.4 Å². The highest BCUT2D eigenvalue weighted by atomic mass is 28.4. The van der Waals surface area contributed by atoms with Gasteiger partial charge in [-0.15, -0.1) is 0 Å². The molecule has 0 aromatic rings. The summed E-state index contributed by atoms with van der Waals surface area (Å²) in [6.07, 6.45) is -0.00259. The third-order valence-electron chi connectivity index (χ3n) is 4.70. The van der Waals surface area contributed by atoms with Crippen molar-refractivity contribution in [2.24, 2.45) is 0 Å². The van der Waals surface area contributed by atoms with Gasteiger partial charge in [-0.3, -0.25) is 0 Å². The van der Waals surface area contributed by atoms with Crippen LogP contribution in [0.1, 0.15) is 27.2 Å². The minimum Gasteiger partial charge on any atom is -0.479 e. The van der Waals surface area contributed by atoms with Gasteiger partial charge in [0.25, 0.3) is 0 Å². The molecule has 0 spiro atoms. The van der Waals surface area contributed by atoms with E-state index in [9.17, 15) is 9.90 Å². The molecular weight excluding hydrogens is 346 g/mol. The van der Waals surface area contributed by atoms with E-state index < -0.39 is 29.2 Å². The molecule has 0 saturated heterocycles. The summed E-state index contributed by atoms with van der Waals surface area (Å²) in [4.78, 5) is 11.5. The van der Waals surface area contributed by atoms with E-state index in [-0.39, 0.29) is 0 Å². The molecule has 0 aromatic carbocycles. The van der Waals surface area contributed by atoms with Crippen molar-refractivity contribution in [2.45, 2.75) is 57.5 Å². The van der Waals surface area contributed by atoms with Crippen molar-refractivity contribution in [3.8, 4) is 0 Å². The van der Waals surface area contributed by atoms with Gasteiger partial charge in [0, 0.05) is 33.9 Å². The first-order valence-corrected chi connectivity index (χ1v) is 13.1. The van der Waals surface area contributed by atoms with Crippen molar-refractivity contribution in [1.82, 2.24) is 5.32 Å². The number of carbonyl (C=O) groups is 1. The van der Waals surface area contributed by atoms with Crippen molar-refractivity contribution >= 4 is 23.1 Å². The number of carboxylic acids is 1. The minimum absolute atomic E-state index is 0.311. The summed E-state index contributed by atoms with van der Waals surface area (Å²) < 4.78 is 22.2. The highest BCUT2D eigenvalue weighted by molar-refractivity contribution is 6.73. The molecule has 24 heavy (non-hydrogen) atoms. The maximum atomic E-state index is 11.5. The van der Waals surface area contributed by atoms with E-state index in [4.69, 9.17) is 17.7 Å². The molecule has 0 heterocycles. The first-order valence-electron chi connectivity index (χ1n) is 8.64. The monoisotopic (exact) mass is 381 g/mol. The smallest absolute Gasteiger partial charge is 0.479 e. The highest BCUT2D eigenvalue weighted by Gasteiger charge is 2.37. The molecule has 9 heteroatoms. The fourth-order valence-corrected chi connectivity index (χ4v) is 7.21. The molecule has 1 unspecified atom stereocenters. The Kier molecular flexibility index (Phi) is 12.0. The van der Waals surface area contributed by atoms with Crippen LogP contribution in [0.15, 0.2) is 0 Å². The van der Waals surface area contributed by atoms with Gasteiger partial charge in [-0.1, -0.05) is 20.8 Å². The van der Waals surface area contributed by atoms with Gasteiger partial charge in [-0.25, -0.2) is 4.79 Å². The van der Waals surface area contributed by atoms with Crippen LogP contribution < -0.4 is 5.32 Å². The standard InChI is InChI=1S/C15H35NO6Si2/c1-7-23(8-2,9-3)22-14(15(17)18)13-16-11-10-12-24(19-4,20-5)21-6/h14,16H,7-13H2,1-6H3,(H,17,18). The Morgan fingerprint density at radius 3 is 1.92 bits per heavy atom. The molecule has 0 aliphatic rings. The predicted molar refractivity (Wildman–Crippen MR) is 98.8 cm³/mol. The molecule has 144 valence electrons. The molecule has 1 atom stereocenters. The summed E-state index contributed by atoms with van der Waals surface area (Å²) in [5.74, 6) is -0.899. The van der Waals surface area contributed by atoms with E-state index in [0.717, 1.165) is 24.6 Å². The Bertz CT molecular complexity index is 334. The summed E-state index contributed by atoms with van der Waals surface area (Å²) in [5.41, 5.74) is 0. The van der Waals surface area contributed by atoms with E-state index >= 15 is 0 Å². The van der Waals surface area contributed by atoms with Gasteiger partial charge in [0.15, 0.2) is 14.4 Å². The Balaban J connectivity index is 4.40. The zero-order chi connectivity index (χ0) is 18.6. The van der Waals surface area contributed by atoms with Crippen molar-refractivity contribution < 1.29 is 27.6 Å². The lowest BCUT2D eigenvalue weighted by molar-refractivity contribution is -0.145. The van der Waals surface area contributed by atoms with Gasteiger partial charge in [0.2, 0.25) is 0 Å². The van der Waals surface area contributed by atoms with E-state index in [1.54, 1.807) is 21.3 Å². The molecule has 0 aromatic heterocycles. The lowest BCUT2D eigenvalue weighted by Crippen LogP contribution is -2.47. The third-order valence-corrected chi connectivity index (χ3v) is 12.2. The van der Waals surface area contributed by atoms with Crippen molar-refractivity contribution in [3.05, 3.63) is 0 Å². The Morgan fingerprint density at radius 1 is 1.04 bits per heavy atom. The maximum Gasteiger partial charge on any atom is 0.500 e. The van der Waals surface area contributed by atoms with E-state index in [1.807, 2.05) is 0 Å². The molecule has 0 aliphatic carbocycles. The fraction of sp³-hybridized carbons (Fsp3) is 0.933. The second-order valence-electron chi connectivity index (χ2n) is 5.79. The fourth-order valence-electron chi connectivity index (χ4n) is 2.70. The predicted octanol–water partition coefficient (Wildman–Crippen LogP) is 2.32. The molecule has 0 radical (unpaired) electrons. The number of hydrogen-bond acceptors (Lipinski definition) is 6. The molecule has 0 bridgehead atoms. The Hall–Kier alpha value is -0.296. The number of aliphatic carboxylic acids is 1. The zero-order valence-corrected chi connectivity index (χ0v) is 18.0. The summed E-state index contributed by atoms with van der Waals surface area (Å²) >= 11 is 0. The van der Waals surface area contributed by atoms with Crippen LogP contribution >= 0.6 is 0 Å². The number of hydrogen-bond donors (Lipinski definition) is 2. The van der Waals surface area contributed by atoms with Crippen LogP contribution in [0.3, 0.4) is 0 Å². The van der Waals surface area contributed by atoms with Gasteiger partial charge < -0.3 is 28.1 Å². The average molecular weight is 382 g/mol. The van der Waals surface area contributed by atoms with Crippen LogP contribution in [0, 0.1) is 0 Å². The maximum absolute atomic E-state index is 11.5. The molecule has 2 N–H and O–H groups in total. The summed E-state index contributed by atoms with van der Waals surface area (Å²) in [7, 11) is 0.280. The quantitative estimate of drug-likeness (QED) is 0.332. The van der Waals surface area contributed by atoms with E-state index in [0.29, 0.717) is 19.1 Å². The largest absolute Gasteiger partial charge is 0.500 e. The lowest BCUT2D eigenvalue weighted by Gasteiger charge is -2.31. The van der Waals surface area contributed by atoms with E-state index in [1.165, 1.54) is 0 Å². The molecule has 0 fully saturated rings. The third kappa shape index (κ3) is 7.30. The van der Waals surface area contributed by atoms with E-state index in [2.05, 4.69) is 26.1 Å². The van der Waals surface area contributed by atoms with Gasteiger partial charge in [-0.2, -0.15) is 0 Å². The highest BCUT2D eigenvalue weighted by Crippen LogP contribution is 2.23. The van der Waals surface area contributed by atoms with Crippen LogP contribution in [0.25, 0.3) is 0 Å². The van der Waals surface area contributed by atoms with Gasteiger partial charge in [-0.05, 0) is 31.1 Å². The molecule has 7 nitrogen and oxygen atoms in total. The van der Waals surface area contributed by atoms with Crippen LogP contribution in [-0.2, 0) is 22.5 Å². The second kappa shape index (κ2) is 12.1. The molecule has 0 saturated carbocycles. The first kappa shape index (κ1) is 23.7. The Morgan fingerprint density at radius 2 is 1.54 bits per heavy atom. The van der Waals surface area contributed by atoms with Crippen molar-refractivity contribution in [3.63, 3.8) is 0 Å². The summed E-state index contributed by atoms with van der Waals surface area (Å²) in [5, 5.41) is 12.6. The number of nitrogens with one attached hydrogen (secondary N) is 1.